The van der Waals surface area contributed by atoms with Crippen LogP contribution < -0.4 is 5.73 Å². The molecule has 0 bridgehead atoms. The fourth-order valence-electron chi connectivity index (χ4n) is 2.52. The summed E-state index contributed by atoms with van der Waals surface area (Å²) in [6, 6.07) is 6.02. The lowest BCUT2D eigenvalue weighted by Gasteiger charge is -2.28. The van der Waals surface area contributed by atoms with Gasteiger partial charge in [0.2, 0.25) is 0 Å². The molecule has 1 atom stereocenters. The van der Waals surface area contributed by atoms with Crippen molar-refractivity contribution in [2.24, 2.45) is 11.7 Å². The summed E-state index contributed by atoms with van der Waals surface area (Å²) >= 11 is 9.68. The second kappa shape index (κ2) is 5.52. The van der Waals surface area contributed by atoms with Gasteiger partial charge in [-0.25, -0.2) is 0 Å². The minimum atomic E-state index is 0.0882. The van der Waals surface area contributed by atoms with E-state index in [-0.39, 0.29) is 6.04 Å². The molecule has 2 N–H and O–H groups in total. The zero-order chi connectivity index (χ0) is 11.5. The fraction of sp³-hybridized carbons (Fsp3) is 0.538. The Kier molecular flexibility index (Phi) is 4.28. The van der Waals surface area contributed by atoms with Crippen LogP contribution in [0.2, 0.25) is 5.02 Å². The van der Waals surface area contributed by atoms with E-state index in [0.717, 1.165) is 15.1 Å². The molecule has 0 saturated heterocycles. The van der Waals surface area contributed by atoms with Crippen LogP contribution in [-0.2, 0) is 0 Å². The van der Waals surface area contributed by atoms with Crippen molar-refractivity contribution in [3.8, 4) is 0 Å². The van der Waals surface area contributed by atoms with E-state index in [4.69, 9.17) is 17.3 Å². The Morgan fingerprint density at radius 1 is 1.25 bits per heavy atom. The standard InChI is InChI=1S/C13H17BrClN/c14-10-6-7-12(15)11(8-10)13(16)9-4-2-1-3-5-9/h6-9,13H,1-5,16H2/t13-/m1/s1. The molecule has 1 aromatic rings. The topological polar surface area (TPSA) is 26.0 Å². The highest BCUT2D eigenvalue weighted by Crippen LogP contribution is 2.36. The van der Waals surface area contributed by atoms with Crippen LogP contribution in [0, 0.1) is 5.92 Å². The first-order valence-electron chi connectivity index (χ1n) is 5.89. The van der Waals surface area contributed by atoms with Gasteiger partial charge in [0.15, 0.2) is 0 Å². The van der Waals surface area contributed by atoms with E-state index in [0.29, 0.717) is 5.92 Å². The monoisotopic (exact) mass is 301 g/mol. The molecule has 0 aliphatic heterocycles. The summed E-state index contributed by atoms with van der Waals surface area (Å²) < 4.78 is 1.05. The van der Waals surface area contributed by atoms with Crippen LogP contribution in [0.4, 0.5) is 0 Å². The van der Waals surface area contributed by atoms with Crippen LogP contribution in [0.3, 0.4) is 0 Å². The molecule has 1 saturated carbocycles. The van der Waals surface area contributed by atoms with Crippen molar-refractivity contribution in [3.05, 3.63) is 33.3 Å². The van der Waals surface area contributed by atoms with E-state index in [1.165, 1.54) is 32.1 Å². The summed E-state index contributed by atoms with van der Waals surface area (Å²) in [4.78, 5) is 0. The van der Waals surface area contributed by atoms with Gasteiger partial charge in [-0.05, 0) is 42.5 Å². The Labute approximate surface area is 110 Å². The number of hydrogen-bond acceptors (Lipinski definition) is 1. The normalized spacial score (nSPS) is 19.7. The minimum Gasteiger partial charge on any atom is -0.324 e. The molecule has 1 aliphatic rings. The molecule has 1 aromatic carbocycles. The second-order valence-electron chi connectivity index (χ2n) is 4.59. The smallest absolute Gasteiger partial charge is 0.0454 e. The van der Waals surface area contributed by atoms with Gasteiger partial charge in [0.05, 0.1) is 0 Å². The Bertz CT molecular complexity index is 361. The number of benzene rings is 1. The lowest BCUT2D eigenvalue weighted by molar-refractivity contribution is 0.308. The first-order valence-corrected chi connectivity index (χ1v) is 7.06. The van der Waals surface area contributed by atoms with Crippen molar-refractivity contribution in [1.82, 2.24) is 0 Å². The molecule has 1 nitrogen and oxygen atoms in total. The Morgan fingerprint density at radius 2 is 1.94 bits per heavy atom. The highest BCUT2D eigenvalue weighted by molar-refractivity contribution is 9.10. The zero-order valence-electron chi connectivity index (χ0n) is 9.26. The molecule has 1 fully saturated rings. The average molecular weight is 303 g/mol. The van der Waals surface area contributed by atoms with Crippen molar-refractivity contribution in [2.75, 3.05) is 0 Å². The number of halogens is 2. The molecular weight excluding hydrogens is 286 g/mol. The zero-order valence-corrected chi connectivity index (χ0v) is 11.6. The van der Waals surface area contributed by atoms with Gasteiger partial charge in [0, 0.05) is 15.5 Å². The molecule has 3 heteroatoms. The van der Waals surface area contributed by atoms with Crippen molar-refractivity contribution in [3.63, 3.8) is 0 Å². The van der Waals surface area contributed by atoms with Gasteiger partial charge in [-0.1, -0.05) is 46.8 Å². The van der Waals surface area contributed by atoms with Gasteiger partial charge in [0.25, 0.3) is 0 Å². The summed E-state index contributed by atoms with van der Waals surface area (Å²) in [5.41, 5.74) is 7.42. The second-order valence-corrected chi connectivity index (χ2v) is 5.91. The van der Waals surface area contributed by atoms with E-state index < -0.39 is 0 Å². The lowest BCUT2D eigenvalue weighted by Crippen LogP contribution is -2.23. The quantitative estimate of drug-likeness (QED) is 0.843. The predicted molar refractivity (Wildman–Crippen MR) is 72.7 cm³/mol. The maximum Gasteiger partial charge on any atom is 0.0454 e. The van der Waals surface area contributed by atoms with Gasteiger partial charge < -0.3 is 5.73 Å². The van der Waals surface area contributed by atoms with Crippen molar-refractivity contribution < 1.29 is 0 Å². The van der Waals surface area contributed by atoms with Crippen LogP contribution in [0.25, 0.3) is 0 Å². The van der Waals surface area contributed by atoms with Crippen LogP contribution in [0.5, 0.6) is 0 Å². The Hall–Kier alpha value is -0.0500. The summed E-state index contributed by atoms with van der Waals surface area (Å²) in [6.07, 6.45) is 6.46. The molecule has 1 aliphatic carbocycles. The van der Waals surface area contributed by atoms with E-state index in [2.05, 4.69) is 22.0 Å². The lowest BCUT2D eigenvalue weighted by atomic mass is 9.81. The van der Waals surface area contributed by atoms with Crippen molar-refractivity contribution >= 4 is 27.5 Å². The summed E-state index contributed by atoms with van der Waals surface area (Å²) in [6.45, 7) is 0. The predicted octanol–water partition coefficient (Wildman–Crippen LogP) is 4.68. The first-order chi connectivity index (χ1) is 7.68. The summed E-state index contributed by atoms with van der Waals surface area (Å²) in [7, 11) is 0. The van der Waals surface area contributed by atoms with E-state index >= 15 is 0 Å². The van der Waals surface area contributed by atoms with E-state index in [9.17, 15) is 0 Å². The molecular formula is C13H17BrClN. The van der Waals surface area contributed by atoms with Crippen molar-refractivity contribution in [2.45, 2.75) is 38.1 Å². The largest absolute Gasteiger partial charge is 0.324 e. The van der Waals surface area contributed by atoms with Crippen LogP contribution >= 0.6 is 27.5 Å². The van der Waals surface area contributed by atoms with E-state index in [1.807, 2.05) is 12.1 Å². The first kappa shape index (κ1) is 12.4. The molecule has 2 rings (SSSR count). The number of nitrogens with two attached hydrogens (primary N) is 1. The molecule has 0 heterocycles. The Balaban J connectivity index is 2.18. The molecule has 0 amide bonds. The summed E-state index contributed by atoms with van der Waals surface area (Å²) in [5.74, 6) is 0.598. The maximum atomic E-state index is 6.33. The minimum absolute atomic E-state index is 0.0882. The van der Waals surface area contributed by atoms with Crippen molar-refractivity contribution in [1.29, 1.82) is 0 Å². The fourth-order valence-corrected chi connectivity index (χ4v) is 3.14. The highest BCUT2D eigenvalue weighted by Gasteiger charge is 2.23. The molecule has 0 unspecified atom stereocenters. The third-order valence-electron chi connectivity index (χ3n) is 3.47. The average Bonchev–Trinajstić information content (AvgIpc) is 2.32. The van der Waals surface area contributed by atoms with Gasteiger partial charge >= 0.3 is 0 Å². The highest BCUT2D eigenvalue weighted by atomic mass is 79.9. The number of hydrogen-bond donors (Lipinski definition) is 1. The maximum absolute atomic E-state index is 6.33. The third kappa shape index (κ3) is 2.79. The van der Waals surface area contributed by atoms with E-state index in [1.54, 1.807) is 0 Å². The molecule has 0 radical (unpaired) electrons. The molecule has 16 heavy (non-hydrogen) atoms. The third-order valence-corrected chi connectivity index (χ3v) is 4.31. The molecule has 88 valence electrons. The van der Waals surface area contributed by atoms with Gasteiger partial charge in [-0.2, -0.15) is 0 Å². The van der Waals surface area contributed by atoms with Gasteiger partial charge in [-0.15, -0.1) is 0 Å². The number of rotatable bonds is 2. The SMILES string of the molecule is N[C@@H](c1cc(Br)ccc1Cl)C1CCCCC1. The Morgan fingerprint density at radius 3 is 2.62 bits per heavy atom. The van der Waals surface area contributed by atoms with Crippen LogP contribution in [-0.4, -0.2) is 0 Å². The molecule has 0 spiro atoms. The van der Waals surface area contributed by atoms with Gasteiger partial charge in [0.1, 0.15) is 0 Å². The summed E-state index contributed by atoms with van der Waals surface area (Å²) in [5, 5.41) is 0.793. The van der Waals surface area contributed by atoms with Crippen LogP contribution in [0.15, 0.2) is 22.7 Å². The van der Waals surface area contributed by atoms with Crippen LogP contribution in [0.1, 0.15) is 43.7 Å². The molecule has 0 aromatic heterocycles. The van der Waals surface area contributed by atoms with Gasteiger partial charge in [-0.3, -0.25) is 0 Å².